The molecule has 2 aromatic rings. The second-order valence-corrected chi connectivity index (χ2v) is 6.66. The minimum Gasteiger partial charge on any atom is -0.494 e. The van der Waals surface area contributed by atoms with Crippen LogP contribution in [0.25, 0.3) is 0 Å². The summed E-state index contributed by atoms with van der Waals surface area (Å²) >= 11 is 0. The highest BCUT2D eigenvalue weighted by atomic mass is 16.5. The van der Waals surface area contributed by atoms with Crippen molar-refractivity contribution < 1.29 is 19.1 Å². The molecule has 0 radical (unpaired) electrons. The van der Waals surface area contributed by atoms with Gasteiger partial charge in [0.15, 0.2) is 5.78 Å². The Hall–Kier alpha value is -3.15. The van der Waals surface area contributed by atoms with E-state index in [-0.39, 0.29) is 30.4 Å². The summed E-state index contributed by atoms with van der Waals surface area (Å²) in [7, 11) is 0. The fourth-order valence-electron chi connectivity index (χ4n) is 2.91. The number of hydrogen-bond acceptors (Lipinski definition) is 4. The van der Waals surface area contributed by atoms with Crippen LogP contribution in [0.1, 0.15) is 49.5 Å². The molecule has 0 aliphatic carbocycles. The Balaban J connectivity index is 1.88. The van der Waals surface area contributed by atoms with Gasteiger partial charge >= 0.3 is 0 Å². The molecule has 2 aromatic carbocycles. The summed E-state index contributed by atoms with van der Waals surface area (Å²) < 4.78 is 5.36. The lowest BCUT2D eigenvalue weighted by molar-refractivity contribution is -0.129. The summed E-state index contributed by atoms with van der Waals surface area (Å²) in [5.41, 5.74) is 2.15. The standard InChI is InChI=1S/C23H28N2O4/c1-4-25(17(3)26)16-18-7-6-8-20(15-18)24-23(28)14-13-22(27)19-9-11-21(12-10-19)29-5-2/h6-12,15H,4-5,13-14,16H2,1-3H3,(H,24,28). The first kappa shape index (κ1) is 22.1. The van der Waals surface area contributed by atoms with Gasteiger partial charge in [0.05, 0.1) is 6.61 Å². The molecule has 0 fully saturated rings. The number of ketones is 1. The molecule has 0 unspecified atom stereocenters. The van der Waals surface area contributed by atoms with Crippen molar-refractivity contribution in [2.45, 2.75) is 40.2 Å². The van der Waals surface area contributed by atoms with Crippen LogP contribution in [0.15, 0.2) is 48.5 Å². The van der Waals surface area contributed by atoms with Gasteiger partial charge in [0.25, 0.3) is 0 Å². The molecule has 6 nitrogen and oxygen atoms in total. The Bertz CT molecular complexity index is 846. The van der Waals surface area contributed by atoms with Crippen LogP contribution in [0.4, 0.5) is 5.69 Å². The molecule has 0 bridgehead atoms. The summed E-state index contributed by atoms with van der Waals surface area (Å²) in [4.78, 5) is 37.8. The van der Waals surface area contributed by atoms with Gasteiger partial charge in [0.1, 0.15) is 5.75 Å². The maximum Gasteiger partial charge on any atom is 0.224 e. The predicted octanol–water partition coefficient (Wildman–Crippen LogP) is 4.06. The lowest BCUT2D eigenvalue weighted by Crippen LogP contribution is -2.27. The maximum atomic E-state index is 12.3. The third-order valence-electron chi connectivity index (χ3n) is 4.48. The van der Waals surface area contributed by atoms with Gasteiger partial charge in [-0.2, -0.15) is 0 Å². The van der Waals surface area contributed by atoms with E-state index in [1.807, 2.05) is 32.0 Å². The SMILES string of the molecule is CCOc1ccc(C(=O)CCC(=O)Nc2cccc(CN(CC)C(C)=O)c2)cc1. The lowest BCUT2D eigenvalue weighted by atomic mass is 10.1. The lowest BCUT2D eigenvalue weighted by Gasteiger charge is -2.19. The Kier molecular flexibility index (Phi) is 8.40. The zero-order valence-corrected chi connectivity index (χ0v) is 17.2. The van der Waals surface area contributed by atoms with Gasteiger partial charge < -0.3 is 15.0 Å². The zero-order valence-electron chi connectivity index (χ0n) is 17.2. The molecular formula is C23H28N2O4. The summed E-state index contributed by atoms with van der Waals surface area (Å²) in [6.45, 7) is 7.05. The molecule has 0 spiro atoms. The first-order chi connectivity index (χ1) is 13.9. The second kappa shape index (κ2) is 11.0. The van der Waals surface area contributed by atoms with Crippen molar-refractivity contribution >= 4 is 23.3 Å². The number of carbonyl (C=O) groups is 3. The highest BCUT2D eigenvalue weighted by Crippen LogP contribution is 2.16. The second-order valence-electron chi connectivity index (χ2n) is 6.66. The first-order valence-corrected chi connectivity index (χ1v) is 9.83. The molecular weight excluding hydrogens is 368 g/mol. The van der Waals surface area contributed by atoms with Gasteiger partial charge in [-0.3, -0.25) is 14.4 Å². The number of nitrogens with one attached hydrogen (secondary N) is 1. The number of anilines is 1. The molecule has 2 amide bonds. The number of rotatable bonds is 10. The average molecular weight is 396 g/mol. The highest BCUT2D eigenvalue weighted by Gasteiger charge is 2.11. The largest absolute Gasteiger partial charge is 0.494 e. The van der Waals surface area contributed by atoms with E-state index >= 15 is 0 Å². The van der Waals surface area contributed by atoms with Gasteiger partial charge in [0.2, 0.25) is 11.8 Å². The van der Waals surface area contributed by atoms with Crippen molar-refractivity contribution in [3.63, 3.8) is 0 Å². The molecule has 0 aromatic heterocycles. The molecule has 0 aliphatic rings. The van der Waals surface area contributed by atoms with E-state index in [0.717, 1.165) is 5.56 Å². The number of hydrogen-bond donors (Lipinski definition) is 1. The fraction of sp³-hybridized carbons (Fsp3) is 0.348. The zero-order chi connectivity index (χ0) is 21.2. The number of Topliss-reactive ketones (excluding diaryl/α,β-unsaturated/α-hetero) is 1. The van der Waals surface area contributed by atoms with Gasteiger partial charge in [-0.05, 0) is 55.8 Å². The van der Waals surface area contributed by atoms with Crippen molar-refractivity contribution in [3.8, 4) is 5.75 Å². The van der Waals surface area contributed by atoms with Crippen molar-refractivity contribution in [2.24, 2.45) is 0 Å². The Morgan fingerprint density at radius 1 is 1.00 bits per heavy atom. The van der Waals surface area contributed by atoms with E-state index < -0.39 is 0 Å². The molecule has 6 heteroatoms. The van der Waals surface area contributed by atoms with Crippen molar-refractivity contribution in [3.05, 3.63) is 59.7 Å². The minimum absolute atomic E-state index is 0.00902. The van der Waals surface area contributed by atoms with Gasteiger partial charge in [-0.15, -0.1) is 0 Å². The van der Waals surface area contributed by atoms with Gasteiger partial charge in [-0.25, -0.2) is 0 Å². The van der Waals surface area contributed by atoms with Crippen molar-refractivity contribution in [1.82, 2.24) is 4.90 Å². The topological polar surface area (TPSA) is 75.7 Å². The normalized spacial score (nSPS) is 10.3. The van der Waals surface area contributed by atoms with Crippen molar-refractivity contribution in [2.75, 3.05) is 18.5 Å². The quantitative estimate of drug-likeness (QED) is 0.615. The molecule has 29 heavy (non-hydrogen) atoms. The van der Waals surface area contributed by atoms with E-state index in [2.05, 4.69) is 5.32 Å². The summed E-state index contributed by atoms with van der Waals surface area (Å²) in [6.07, 6.45) is 0.234. The smallest absolute Gasteiger partial charge is 0.224 e. The Labute approximate surface area is 171 Å². The predicted molar refractivity (Wildman–Crippen MR) is 113 cm³/mol. The molecule has 154 valence electrons. The van der Waals surface area contributed by atoms with E-state index in [1.165, 1.54) is 6.92 Å². The van der Waals surface area contributed by atoms with Crippen LogP contribution in [0.5, 0.6) is 5.75 Å². The summed E-state index contributed by atoms with van der Waals surface area (Å²) in [5, 5.41) is 2.82. The van der Waals surface area contributed by atoms with E-state index in [0.29, 0.717) is 36.7 Å². The van der Waals surface area contributed by atoms with Crippen molar-refractivity contribution in [1.29, 1.82) is 0 Å². The number of nitrogens with zero attached hydrogens (tertiary/aromatic N) is 1. The molecule has 1 N–H and O–H groups in total. The summed E-state index contributed by atoms with van der Waals surface area (Å²) in [5.74, 6) is 0.417. The van der Waals surface area contributed by atoms with Crippen LogP contribution in [0, 0.1) is 0 Å². The molecule has 0 saturated carbocycles. The molecule has 0 heterocycles. The Morgan fingerprint density at radius 2 is 1.72 bits per heavy atom. The van der Waals surface area contributed by atoms with Gasteiger partial charge in [-0.1, -0.05) is 12.1 Å². The third-order valence-corrected chi connectivity index (χ3v) is 4.48. The number of benzene rings is 2. The van der Waals surface area contributed by atoms with Crippen LogP contribution in [0.2, 0.25) is 0 Å². The Morgan fingerprint density at radius 3 is 2.34 bits per heavy atom. The number of ether oxygens (including phenoxy) is 1. The fourth-order valence-corrected chi connectivity index (χ4v) is 2.91. The van der Waals surface area contributed by atoms with Crippen LogP contribution in [0.3, 0.4) is 0 Å². The maximum absolute atomic E-state index is 12.3. The van der Waals surface area contributed by atoms with Crippen LogP contribution >= 0.6 is 0 Å². The summed E-state index contributed by atoms with van der Waals surface area (Å²) in [6, 6.07) is 14.3. The average Bonchev–Trinajstić information content (AvgIpc) is 2.71. The molecule has 0 saturated heterocycles. The van der Waals surface area contributed by atoms with E-state index in [1.54, 1.807) is 35.2 Å². The molecule has 2 rings (SSSR count). The first-order valence-electron chi connectivity index (χ1n) is 9.83. The molecule has 0 atom stereocenters. The van der Waals surface area contributed by atoms with Crippen LogP contribution in [-0.4, -0.2) is 35.6 Å². The monoisotopic (exact) mass is 396 g/mol. The highest BCUT2D eigenvalue weighted by molar-refractivity contribution is 6.00. The van der Waals surface area contributed by atoms with E-state index in [9.17, 15) is 14.4 Å². The number of carbonyl (C=O) groups excluding carboxylic acids is 3. The van der Waals surface area contributed by atoms with Crippen LogP contribution in [-0.2, 0) is 16.1 Å². The van der Waals surface area contributed by atoms with Gasteiger partial charge in [0, 0.05) is 44.1 Å². The van der Waals surface area contributed by atoms with Crippen LogP contribution < -0.4 is 10.1 Å². The minimum atomic E-state index is -0.222. The van der Waals surface area contributed by atoms with E-state index in [4.69, 9.17) is 4.74 Å². The number of amides is 2. The third kappa shape index (κ3) is 7.07. The molecule has 0 aliphatic heterocycles.